The third-order valence-corrected chi connectivity index (χ3v) is 6.49. The molecule has 0 aromatic heterocycles. The second-order valence-electron chi connectivity index (χ2n) is 9.66. The molecule has 2 N–H and O–H groups in total. The van der Waals surface area contributed by atoms with E-state index < -0.39 is 0 Å². The van der Waals surface area contributed by atoms with Gasteiger partial charge < -0.3 is 10.2 Å². The molecule has 36 heavy (non-hydrogen) atoms. The van der Waals surface area contributed by atoms with Gasteiger partial charge in [0.15, 0.2) is 0 Å². The summed E-state index contributed by atoms with van der Waals surface area (Å²) >= 11 is 0. The number of aryl methyl sites for hydroxylation is 2. The Kier molecular flexibility index (Phi) is 8.77. The summed E-state index contributed by atoms with van der Waals surface area (Å²) in [7, 11) is 0. The fourth-order valence-electron chi connectivity index (χ4n) is 4.56. The first kappa shape index (κ1) is 25.5. The van der Waals surface area contributed by atoms with E-state index in [0.29, 0.717) is 24.6 Å². The van der Waals surface area contributed by atoms with Crippen molar-refractivity contribution in [2.24, 2.45) is 0 Å². The summed E-state index contributed by atoms with van der Waals surface area (Å²) in [5.74, 6) is 0.675. The normalized spacial score (nSPS) is 11.3. The summed E-state index contributed by atoms with van der Waals surface area (Å²) < 4.78 is 0. The number of aromatic hydroxyl groups is 2. The molecular formula is C32H36N2O2. The topological polar surface area (TPSA) is 46.9 Å². The average Bonchev–Trinajstić information content (AvgIpc) is 2.88. The van der Waals surface area contributed by atoms with Crippen LogP contribution >= 0.6 is 0 Å². The van der Waals surface area contributed by atoms with Gasteiger partial charge in [-0.05, 0) is 37.1 Å². The Bertz CT molecular complexity index is 1140. The number of benzene rings is 4. The second-order valence-corrected chi connectivity index (χ2v) is 9.66. The van der Waals surface area contributed by atoms with Gasteiger partial charge in [-0.3, -0.25) is 9.80 Å². The smallest absolute Gasteiger partial charge is 0.120 e. The molecular weight excluding hydrogens is 444 g/mol. The van der Waals surface area contributed by atoms with Crippen molar-refractivity contribution in [3.05, 3.63) is 130 Å². The summed E-state index contributed by atoms with van der Waals surface area (Å²) in [6.45, 7) is 8.67. The van der Waals surface area contributed by atoms with Gasteiger partial charge in [0.05, 0.1) is 0 Å². The minimum absolute atomic E-state index is 0.337. The molecule has 0 fully saturated rings. The van der Waals surface area contributed by atoms with Gasteiger partial charge in [-0.25, -0.2) is 0 Å². The predicted octanol–water partition coefficient (Wildman–Crippen LogP) is 6.42. The molecule has 0 aliphatic heterocycles. The van der Waals surface area contributed by atoms with Gasteiger partial charge in [-0.1, -0.05) is 96.1 Å². The summed E-state index contributed by atoms with van der Waals surface area (Å²) in [6, 6.07) is 32.5. The van der Waals surface area contributed by atoms with Gasteiger partial charge in [0.1, 0.15) is 11.5 Å². The molecule has 0 saturated heterocycles. The SMILES string of the molecule is Cc1ccc(O)c(CN(CCN(Cc2ccccc2)Cc2cc(C)ccc2O)Cc2ccccc2)c1. The maximum absolute atomic E-state index is 10.5. The summed E-state index contributed by atoms with van der Waals surface area (Å²) in [4.78, 5) is 4.77. The molecule has 0 spiro atoms. The highest BCUT2D eigenvalue weighted by Gasteiger charge is 2.15. The molecule has 186 valence electrons. The lowest BCUT2D eigenvalue weighted by atomic mass is 10.1. The van der Waals surface area contributed by atoms with E-state index >= 15 is 0 Å². The van der Waals surface area contributed by atoms with E-state index in [-0.39, 0.29) is 0 Å². The number of hydrogen-bond acceptors (Lipinski definition) is 4. The largest absolute Gasteiger partial charge is 0.508 e. The van der Waals surface area contributed by atoms with Gasteiger partial charge in [0.25, 0.3) is 0 Å². The number of nitrogens with zero attached hydrogens (tertiary/aromatic N) is 2. The summed E-state index contributed by atoms with van der Waals surface area (Å²) in [6.07, 6.45) is 0. The monoisotopic (exact) mass is 480 g/mol. The van der Waals surface area contributed by atoms with Crippen molar-refractivity contribution in [3.63, 3.8) is 0 Å². The van der Waals surface area contributed by atoms with E-state index in [1.54, 1.807) is 12.1 Å². The molecule has 0 saturated carbocycles. The third-order valence-electron chi connectivity index (χ3n) is 6.49. The molecule has 4 aromatic rings. The fourth-order valence-corrected chi connectivity index (χ4v) is 4.56. The first-order chi connectivity index (χ1) is 17.5. The van der Waals surface area contributed by atoms with Crippen LogP contribution in [-0.2, 0) is 26.2 Å². The molecule has 4 nitrogen and oxygen atoms in total. The molecule has 0 atom stereocenters. The molecule has 0 aliphatic rings. The van der Waals surface area contributed by atoms with Crippen LogP contribution in [0.4, 0.5) is 0 Å². The Balaban J connectivity index is 1.54. The highest BCUT2D eigenvalue weighted by Crippen LogP contribution is 2.23. The lowest BCUT2D eigenvalue weighted by Crippen LogP contribution is -2.34. The van der Waals surface area contributed by atoms with E-state index in [2.05, 4.69) is 84.3 Å². The number of phenols is 2. The van der Waals surface area contributed by atoms with Gasteiger partial charge in [0, 0.05) is 50.4 Å². The molecule has 4 heteroatoms. The van der Waals surface area contributed by atoms with Gasteiger partial charge >= 0.3 is 0 Å². The van der Waals surface area contributed by atoms with Crippen LogP contribution in [0.3, 0.4) is 0 Å². The van der Waals surface area contributed by atoms with Crippen LogP contribution < -0.4 is 0 Å². The zero-order chi connectivity index (χ0) is 25.3. The van der Waals surface area contributed by atoms with Crippen LogP contribution in [-0.4, -0.2) is 33.1 Å². The average molecular weight is 481 g/mol. The zero-order valence-corrected chi connectivity index (χ0v) is 21.3. The molecule has 0 radical (unpaired) electrons. The van der Waals surface area contributed by atoms with Crippen LogP contribution in [0.15, 0.2) is 97.1 Å². The maximum atomic E-state index is 10.5. The standard InChI is InChI=1S/C32H36N2O2/c1-25-13-15-31(35)29(19-25)23-33(21-27-9-5-3-6-10-27)17-18-34(22-28-11-7-4-8-12-28)24-30-20-26(2)14-16-32(30)36/h3-16,19-20,35-36H,17-18,21-24H2,1-2H3. The number of phenolic OH excluding ortho intramolecular Hbond substituents is 2. The van der Waals surface area contributed by atoms with Gasteiger partial charge in [-0.2, -0.15) is 0 Å². The van der Waals surface area contributed by atoms with E-state index in [1.807, 2.05) is 24.3 Å². The van der Waals surface area contributed by atoms with E-state index in [4.69, 9.17) is 0 Å². The Morgan fingerprint density at radius 2 is 0.889 bits per heavy atom. The van der Waals surface area contributed by atoms with Crippen molar-refractivity contribution < 1.29 is 10.2 Å². The number of hydrogen-bond donors (Lipinski definition) is 2. The van der Waals surface area contributed by atoms with Gasteiger partial charge in [0.2, 0.25) is 0 Å². The van der Waals surface area contributed by atoms with E-state index in [9.17, 15) is 10.2 Å². The third kappa shape index (κ3) is 7.45. The van der Waals surface area contributed by atoms with Crippen molar-refractivity contribution in [2.45, 2.75) is 40.0 Å². The lowest BCUT2D eigenvalue weighted by molar-refractivity contribution is 0.180. The molecule has 0 bridgehead atoms. The van der Waals surface area contributed by atoms with Crippen molar-refractivity contribution in [2.75, 3.05) is 13.1 Å². The summed E-state index contributed by atoms with van der Waals surface area (Å²) in [5.41, 5.74) is 6.66. The van der Waals surface area contributed by atoms with Crippen molar-refractivity contribution in [3.8, 4) is 11.5 Å². The minimum Gasteiger partial charge on any atom is -0.508 e. The highest BCUT2D eigenvalue weighted by molar-refractivity contribution is 5.36. The maximum Gasteiger partial charge on any atom is 0.120 e. The predicted molar refractivity (Wildman–Crippen MR) is 147 cm³/mol. The van der Waals surface area contributed by atoms with Crippen molar-refractivity contribution in [1.29, 1.82) is 0 Å². The van der Waals surface area contributed by atoms with Crippen LogP contribution in [0.2, 0.25) is 0 Å². The molecule has 4 rings (SSSR count). The molecule has 0 aliphatic carbocycles. The van der Waals surface area contributed by atoms with E-state index in [0.717, 1.165) is 48.4 Å². The Morgan fingerprint density at radius 1 is 0.500 bits per heavy atom. The molecule has 0 amide bonds. The first-order valence-corrected chi connectivity index (χ1v) is 12.6. The number of rotatable bonds is 11. The summed E-state index contributed by atoms with van der Waals surface area (Å²) in [5, 5.41) is 21.0. The second kappa shape index (κ2) is 12.4. The van der Waals surface area contributed by atoms with Crippen molar-refractivity contribution >= 4 is 0 Å². The van der Waals surface area contributed by atoms with E-state index in [1.165, 1.54) is 11.1 Å². The van der Waals surface area contributed by atoms with Crippen LogP contribution in [0.25, 0.3) is 0 Å². The van der Waals surface area contributed by atoms with Crippen LogP contribution in [0.5, 0.6) is 11.5 Å². The lowest BCUT2D eigenvalue weighted by Gasteiger charge is -2.29. The van der Waals surface area contributed by atoms with Gasteiger partial charge in [-0.15, -0.1) is 0 Å². The Hall–Kier alpha value is -3.60. The van der Waals surface area contributed by atoms with Crippen LogP contribution in [0, 0.1) is 13.8 Å². The fraction of sp³-hybridized carbons (Fsp3) is 0.250. The molecule has 0 unspecified atom stereocenters. The Morgan fingerprint density at radius 3 is 1.28 bits per heavy atom. The molecule has 4 aromatic carbocycles. The Labute approximate surface area is 215 Å². The molecule has 0 heterocycles. The first-order valence-electron chi connectivity index (χ1n) is 12.6. The van der Waals surface area contributed by atoms with Crippen LogP contribution in [0.1, 0.15) is 33.4 Å². The minimum atomic E-state index is 0.337. The zero-order valence-electron chi connectivity index (χ0n) is 21.3. The van der Waals surface area contributed by atoms with Crippen molar-refractivity contribution in [1.82, 2.24) is 9.80 Å². The highest BCUT2D eigenvalue weighted by atomic mass is 16.3. The quantitative estimate of drug-likeness (QED) is 0.260.